The molecule has 0 saturated carbocycles. The molecule has 2 nitrogen and oxygen atoms in total. The van der Waals surface area contributed by atoms with Gasteiger partial charge < -0.3 is 9.84 Å². The Labute approximate surface area is 81.1 Å². The van der Waals surface area contributed by atoms with Gasteiger partial charge in [0, 0.05) is 12.5 Å². The van der Waals surface area contributed by atoms with E-state index in [1.54, 1.807) is 0 Å². The number of benzene rings is 1. The maximum Gasteiger partial charge on any atom is 0.165 e. The fourth-order valence-electron chi connectivity index (χ4n) is 1.20. The topological polar surface area (TPSA) is 29.5 Å². The molecule has 1 unspecified atom stereocenters. The highest BCUT2D eigenvalue weighted by molar-refractivity contribution is 5.31. The minimum Gasteiger partial charge on any atom is -0.494 e. The van der Waals surface area contributed by atoms with Gasteiger partial charge in [0.1, 0.15) is 5.82 Å². The van der Waals surface area contributed by atoms with Gasteiger partial charge >= 0.3 is 0 Å². The fourth-order valence-corrected chi connectivity index (χ4v) is 1.20. The standard InChI is InChI=1S/C10H12F2O2/c1-6(13)3-7-4-9(12)10(14-2)5-8(7)11/h4-6,13H,3H2,1-2H3. The number of ether oxygens (including phenoxy) is 1. The SMILES string of the molecule is COc1cc(F)c(CC(C)O)cc1F. The normalized spacial score (nSPS) is 12.6. The van der Waals surface area contributed by atoms with Gasteiger partial charge in [-0.15, -0.1) is 0 Å². The molecule has 1 atom stereocenters. The van der Waals surface area contributed by atoms with E-state index in [1.807, 2.05) is 0 Å². The Morgan fingerprint density at radius 1 is 1.36 bits per heavy atom. The molecule has 78 valence electrons. The number of halogens is 2. The van der Waals surface area contributed by atoms with E-state index >= 15 is 0 Å². The second-order valence-electron chi connectivity index (χ2n) is 3.13. The first-order valence-corrected chi connectivity index (χ1v) is 4.24. The molecule has 0 amide bonds. The molecule has 0 fully saturated rings. The zero-order valence-corrected chi connectivity index (χ0v) is 8.05. The Kier molecular flexibility index (Phi) is 3.41. The van der Waals surface area contributed by atoms with Gasteiger partial charge in [-0.25, -0.2) is 8.78 Å². The fraction of sp³-hybridized carbons (Fsp3) is 0.400. The van der Waals surface area contributed by atoms with Crippen LogP contribution in [0.1, 0.15) is 12.5 Å². The summed E-state index contributed by atoms with van der Waals surface area (Å²) >= 11 is 0. The zero-order valence-electron chi connectivity index (χ0n) is 8.05. The van der Waals surface area contributed by atoms with Crippen molar-refractivity contribution in [2.24, 2.45) is 0 Å². The van der Waals surface area contributed by atoms with Crippen LogP contribution in [0.3, 0.4) is 0 Å². The highest BCUT2D eigenvalue weighted by Crippen LogP contribution is 2.21. The van der Waals surface area contributed by atoms with E-state index in [9.17, 15) is 8.78 Å². The third-order valence-electron chi connectivity index (χ3n) is 1.84. The minimum atomic E-state index is -0.697. The van der Waals surface area contributed by atoms with Gasteiger partial charge in [0.2, 0.25) is 0 Å². The molecule has 4 heteroatoms. The van der Waals surface area contributed by atoms with E-state index in [-0.39, 0.29) is 17.7 Å². The number of hydrogen-bond donors (Lipinski definition) is 1. The van der Waals surface area contributed by atoms with Crippen molar-refractivity contribution in [1.82, 2.24) is 0 Å². The second kappa shape index (κ2) is 4.37. The van der Waals surface area contributed by atoms with Gasteiger partial charge in [-0.2, -0.15) is 0 Å². The molecular weight excluding hydrogens is 190 g/mol. The Bertz CT molecular complexity index is 324. The zero-order chi connectivity index (χ0) is 10.7. The Hall–Kier alpha value is -1.16. The lowest BCUT2D eigenvalue weighted by Crippen LogP contribution is -2.07. The summed E-state index contributed by atoms with van der Waals surface area (Å²) in [5, 5.41) is 9.03. The summed E-state index contributed by atoms with van der Waals surface area (Å²) in [7, 11) is 1.27. The molecule has 1 aromatic rings. The van der Waals surface area contributed by atoms with Crippen LogP contribution in [-0.4, -0.2) is 18.3 Å². The van der Waals surface area contributed by atoms with E-state index in [4.69, 9.17) is 5.11 Å². The molecule has 14 heavy (non-hydrogen) atoms. The molecule has 0 aliphatic carbocycles. The Balaban J connectivity index is 3.02. The van der Waals surface area contributed by atoms with Gasteiger partial charge in [0.05, 0.1) is 13.2 Å². The predicted octanol–water partition coefficient (Wildman–Crippen LogP) is 1.90. The highest BCUT2D eigenvalue weighted by Gasteiger charge is 2.11. The van der Waals surface area contributed by atoms with Crippen molar-refractivity contribution >= 4 is 0 Å². The van der Waals surface area contributed by atoms with E-state index in [2.05, 4.69) is 4.74 Å². The molecular formula is C10H12F2O2. The lowest BCUT2D eigenvalue weighted by Gasteiger charge is -2.08. The lowest BCUT2D eigenvalue weighted by molar-refractivity contribution is 0.194. The van der Waals surface area contributed by atoms with Crippen molar-refractivity contribution in [3.8, 4) is 5.75 Å². The van der Waals surface area contributed by atoms with Gasteiger partial charge in [-0.3, -0.25) is 0 Å². The number of rotatable bonds is 3. The molecule has 0 spiro atoms. The van der Waals surface area contributed by atoms with Crippen molar-refractivity contribution in [1.29, 1.82) is 0 Å². The molecule has 0 radical (unpaired) electrons. The highest BCUT2D eigenvalue weighted by atomic mass is 19.1. The molecule has 1 N–H and O–H groups in total. The number of methoxy groups -OCH3 is 1. The maximum atomic E-state index is 13.2. The largest absolute Gasteiger partial charge is 0.494 e. The van der Waals surface area contributed by atoms with Gasteiger partial charge in [0.15, 0.2) is 11.6 Å². The predicted molar refractivity (Wildman–Crippen MR) is 48.3 cm³/mol. The first-order valence-electron chi connectivity index (χ1n) is 4.24. The summed E-state index contributed by atoms with van der Waals surface area (Å²) in [6.45, 7) is 1.52. The summed E-state index contributed by atoms with van der Waals surface area (Å²) in [5.74, 6) is -1.31. The van der Waals surface area contributed by atoms with Gasteiger partial charge in [-0.05, 0) is 18.6 Å². The van der Waals surface area contributed by atoms with Crippen molar-refractivity contribution in [2.75, 3.05) is 7.11 Å². The molecule has 0 heterocycles. The number of aliphatic hydroxyl groups excluding tert-OH is 1. The van der Waals surface area contributed by atoms with Crippen molar-refractivity contribution in [3.63, 3.8) is 0 Å². The van der Waals surface area contributed by atoms with Crippen LogP contribution >= 0.6 is 0 Å². The van der Waals surface area contributed by atoms with Crippen LogP contribution in [0, 0.1) is 11.6 Å². The number of aliphatic hydroxyl groups is 1. The molecule has 0 aromatic heterocycles. The second-order valence-corrected chi connectivity index (χ2v) is 3.13. The first-order chi connectivity index (χ1) is 6.54. The first kappa shape index (κ1) is 10.9. The quantitative estimate of drug-likeness (QED) is 0.811. The van der Waals surface area contributed by atoms with Crippen LogP contribution in [0.25, 0.3) is 0 Å². The summed E-state index contributed by atoms with van der Waals surface area (Å²) in [6.07, 6.45) is -0.607. The molecule has 1 aromatic carbocycles. The minimum absolute atomic E-state index is 0.0900. The molecule has 0 saturated heterocycles. The van der Waals surface area contributed by atoms with E-state index in [0.29, 0.717) is 0 Å². The Morgan fingerprint density at radius 2 is 2.00 bits per heavy atom. The van der Waals surface area contributed by atoms with Gasteiger partial charge in [-0.1, -0.05) is 0 Å². The van der Waals surface area contributed by atoms with Crippen molar-refractivity contribution in [2.45, 2.75) is 19.4 Å². The monoisotopic (exact) mass is 202 g/mol. The third-order valence-corrected chi connectivity index (χ3v) is 1.84. The summed E-state index contributed by atoms with van der Waals surface area (Å²) in [5.41, 5.74) is 0.151. The van der Waals surface area contributed by atoms with Crippen molar-refractivity contribution in [3.05, 3.63) is 29.3 Å². The summed E-state index contributed by atoms with van der Waals surface area (Å²) in [6, 6.07) is 2.02. The lowest BCUT2D eigenvalue weighted by atomic mass is 10.1. The van der Waals surface area contributed by atoms with E-state index in [0.717, 1.165) is 12.1 Å². The summed E-state index contributed by atoms with van der Waals surface area (Å²) in [4.78, 5) is 0. The molecule has 0 aliphatic rings. The van der Waals surface area contributed by atoms with Crippen LogP contribution in [0.5, 0.6) is 5.75 Å². The maximum absolute atomic E-state index is 13.2. The van der Waals surface area contributed by atoms with Crippen molar-refractivity contribution < 1.29 is 18.6 Å². The summed E-state index contributed by atoms with van der Waals surface area (Å²) < 4.78 is 30.9. The van der Waals surface area contributed by atoms with Crippen LogP contribution in [-0.2, 0) is 6.42 Å². The molecule has 0 aliphatic heterocycles. The van der Waals surface area contributed by atoms with E-state index in [1.165, 1.54) is 14.0 Å². The Morgan fingerprint density at radius 3 is 2.50 bits per heavy atom. The molecule has 0 bridgehead atoms. The van der Waals surface area contributed by atoms with Crippen LogP contribution in [0.4, 0.5) is 8.78 Å². The van der Waals surface area contributed by atoms with Gasteiger partial charge in [0.25, 0.3) is 0 Å². The van der Waals surface area contributed by atoms with Crippen LogP contribution in [0.2, 0.25) is 0 Å². The average molecular weight is 202 g/mol. The molecule has 1 rings (SSSR count). The van der Waals surface area contributed by atoms with E-state index < -0.39 is 17.7 Å². The number of hydrogen-bond acceptors (Lipinski definition) is 2. The van der Waals surface area contributed by atoms with Crippen LogP contribution < -0.4 is 4.74 Å². The third kappa shape index (κ3) is 2.42. The van der Waals surface area contributed by atoms with Crippen LogP contribution in [0.15, 0.2) is 12.1 Å². The average Bonchev–Trinajstić information content (AvgIpc) is 2.10. The smallest absolute Gasteiger partial charge is 0.165 e.